The normalized spacial score (nSPS) is 11.9. The molecule has 4 aromatic rings. The molecule has 0 aliphatic heterocycles. The Kier molecular flexibility index (Phi) is 6.52. The first-order valence-corrected chi connectivity index (χ1v) is 12.0. The molecule has 1 N–H and O–H groups in total. The van der Waals surface area contributed by atoms with Crippen molar-refractivity contribution in [1.29, 1.82) is 0 Å². The van der Waals surface area contributed by atoms with Crippen molar-refractivity contribution in [3.8, 4) is 22.6 Å². The molecule has 0 atom stereocenters. The van der Waals surface area contributed by atoms with Crippen molar-refractivity contribution in [2.24, 2.45) is 0 Å². The number of hydrogen-bond donors (Lipinski definition) is 1. The average molecular weight is 522 g/mol. The predicted molar refractivity (Wildman–Crippen MR) is 128 cm³/mol. The van der Waals surface area contributed by atoms with Gasteiger partial charge >= 0.3 is 6.18 Å². The van der Waals surface area contributed by atoms with Gasteiger partial charge in [0, 0.05) is 28.4 Å². The zero-order valence-electron chi connectivity index (χ0n) is 18.5. The van der Waals surface area contributed by atoms with Gasteiger partial charge in [-0.05, 0) is 37.3 Å². The molecular weight excluding hydrogens is 503 g/mol. The Morgan fingerprint density at radius 2 is 1.77 bits per heavy atom. The van der Waals surface area contributed by atoms with E-state index in [-0.39, 0.29) is 26.7 Å². The second-order valence-electron chi connectivity index (χ2n) is 7.60. The molecule has 35 heavy (non-hydrogen) atoms. The highest BCUT2D eigenvalue weighted by Gasteiger charge is 2.31. The van der Waals surface area contributed by atoms with Gasteiger partial charge in [0.2, 0.25) is 0 Å². The summed E-state index contributed by atoms with van der Waals surface area (Å²) in [6.45, 7) is 1.84. The number of aromatic nitrogens is 2. The number of alkyl halides is 3. The summed E-state index contributed by atoms with van der Waals surface area (Å²) in [7, 11) is -2.69. The van der Waals surface area contributed by atoms with Gasteiger partial charge in [-0.2, -0.15) is 13.2 Å². The van der Waals surface area contributed by atoms with E-state index in [1.807, 2.05) is 6.92 Å². The Morgan fingerprint density at radius 3 is 2.40 bits per heavy atom. The molecule has 0 aliphatic rings. The molecule has 0 fully saturated rings. The van der Waals surface area contributed by atoms with Crippen LogP contribution in [0.15, 0.2) is 78.1 Å². The van der Waals surface area contributed by atoms with Crippen LogP contribution < -0.4 is 9.46 Å². The molecule has 0 bridgehead atoms. The lowest BCUT2D eigenvalue weighted by molar-refractivity contribution is -0.137. The van der Waals surface area contributed by atoms with Crippen molar-refractivity contribution < 1.29 is 26.3 Å². The largest absolute Gasteiger partial charge is 0.494 e. The van der Waals surface area contributed by atoms with Crippen LogP contribution in [0, 0.1) is 6.92 Å². The van der Waals surface area contributed by atoms with E-state index < -0.39 is 21.8 Å². The monoisotopic (exact) mass is 521 g/mol. The second kappa shape index (κ2) is 9.27. The number of rotatable bonds is 6. The maximum absolute atomic E-state index is 13.3. The van der Waals surface area contributed by atoms with E-state index in [1.54, 1.807) is 35.3 Å². The van der Waals surface area contributed by atoms with Crippen LogP contribution in [0.4, 0.5) is 18.9 Å². The first kappa shape index (κ1) is 24.6. The number of hydrogen-bond acceptors (Lipinski definition) is 4. The van der Waals surface area contributed by atoms with Crippen LogP contribution in [0.1, 0.15) is 11.3 Å². The first-order chi connectivity index (χ1) is 16.5. The Hall–Kier alpha value is -3.50. The molecule has 0 radical (unpaired) electrons. The summed E-state index contributed by atoms with van der Waals surface area (Å²) in [4.78, 5) is 4.03. The number of methoxy groups -OCH3 is 1. The quantitative estimate of drug-likeness (QED) is 0.322. The Labute approximate surface area is 205 Å². The molecule has 0 saturated heterocycles. The van der Waals surface area contributed by atoms with Gasteiger partial charge in [0.1, 0.15) is 5.75 Å². The second-order valence-corrected chi connectivity index (χ2v) is 9.66. The Bertz CT molecular complexity index is 1500. The van der Waals surface area contributed by atoms with Gasteiger partial charge in [0.15, 0.2) is 0 Å². The van der Waals surface area contributed by atoms with E-state index in [1.165, 1.54) is 31.4 Å². The van der Waals surface area contributed by atoms with Crippen molar-refractivity contribution in [3.63, 3.8) is 0 Å². The van der Waals surface area contributed by atoms with E-state index in [4.69, 9.17) is 16.3 Å². The molecule has 11 heteroatoms. The van der Waals surface area contributed by atoms with Crippen LogP contribution in [0.2, 0.25) is 5.02 Å². The minimum absolute atomic E-state index is 0.144. The lowest BCUT2D eigenvalue weighted by Crippen LogP contribution is -2.14. The van der Waals surface area contributed by atoms with Gasteiger partial charge in [-0.25, -0.2) is 13.4 Å². The molecule has 1 heterocycles. The standard InChI is InChI=1S/C24H19ClF3N3O3S/c1-15-13-31(14-29-15)21-10-8-17(12-22(21)34-2)30-35(32,33)23-6-4-3-5-19(23)18-9-7-16(11-20(18)25)24(26,27)28/h3-14,30H,1-2H3. The molecule has 0 amide bonds. The number of imidazole rings is 1. The summed E-state index contributed by atoms with van der Waals surface area (Å²) >= 11 is 6.13. The van der Waals surface area contributed by atoms with Crippen LogP contribution in [-0.4, -0.2) is 25.1 Å². The summed E-state index contributed by atoms with van der Waals surface area (Å²) in [5.74, 6) is 0.404. The summed E-state index contributed by atoms with van der Waals surface area (Å²) in [6, 6.07) is 13.5. The third kappa shape index (κ3) is 5.13. The maximum atomic E-state index is 13.3. The average Bonchev–Trinajstić information content (AvgIpc) is 3.24. The van der Waals surface area contributed by atoms with Gasteiger partial charge in [0.25, 0.3) is 10.0 Å². The predicted octanol–water partition coefficient (Wildman–Crippen LogP) is 6.33. The van der Waals surface area contributed by atoms with Crippen molar-refractivity contribution in [1.82, 2.24) is 9.55 Å². The molecule has 0 saturated carbocycles. The van der Waals surface area contributed by atoms with E-state index in [9.17, 15) is 21.6 Å². The van der Waals surface area contributed by atoms with E-state index in [2.05, 4.69) is 9.71 Å². The molecule has 4 rings (SSSR count). The number of ether oxygens (including phenoxy) is 1. The number of aryl methyl sites for hydroxylation is 1. The summed E-state index contributed by atoms with van der Waals surface area (Å²) in [5.41, 5.74) is 1.09. The molecule has 0 spiro atoms. The number of nitrogens with zero attached hydrogens (tertiary/aromatic N) is 2. The fraction of sp³-hybridized carbons (Fsp3) is 0.125. The summed E-state index contributed by atoms with van der Waals surface area (Å²) < 4.78 is 75.4. The van der Waals surface area contributed by atoms with Gasteiger partial charge in [-0.15, -0.1) is 0 Å². The maximum Gasteiger partial charge on any atom is 0.416 e. The molecule has 1 aromatic heterocycles. The third-order valence-electron chi connectivity index (χ3n) is 5.18. The van der Waals surface area contributed by atoms with E-state index in [0.717, 1.165) is 23.9 Å². The fourth-order valence-corrected chi connectivity index (χ4v) is 5.11. The van der Waals surface area contributed by atoms with Crippen LogP contribution in [0.25, 0.3) is 16.8 Å². The molecule has 0 aliphatic carbocycles. The first-order valence-electron chi connectivity index (χ1n) is 10.2. The smallest absolute Gasteiger partial charge is 0.416 e. The minimum Gasteiger partial charge on any atom is -0.494 e. The molecule has 0 unspecified atom stereocenters. The molecular formula is C24H19ClF3N3O3S. The summed E-state index contributed by atoms with van der Waals surface area (Å²) in [5, 5.41) is -0.218. The number of nitrogens with one attached hydrogen (secondary N) is 1. The SMILES string of the molecule is COc1cc(NS(=O)(=O)c2ccccc2-c2ccc(C(F)(F)F)cc2Cl)ccc1-n1cnc(C)c1. The van der Waals surface area contributed by atoms with Gasteiger partial charge < -0.3 is 9.30 Å². The zero-order chi connectivity index (χ0) is 25.4. The van der Waals surface area contributed by atoms with Gasteiger partial charge in [0.05, 0.1) is 41.0 Å². The lowest BCUT2D eigenvalue weighted by Gasteiger charge is -2.16. The Morgan fingerprint density at radius 1 is 1.03 bits per heavy atom. The highest BCUT2D eigenvalue weighted by molar-refractivity contribution is 7.92. The fourth-order valence-electron chi connectivity index (χ4n) is 3.55. The van der Waals surface area contributed by atoms with E-state index >= 15 is 0 Å². The highest BCUT2D eigenvalue weighted by Crippen LogP contribution is 2.38. The van der Waals surface area contributed by atoms with Gasteiger partial charge in [-0.1, -0.05) is 35.9 Å². The number of anilines is 1. The van der Waals surface area contributed by atoms with Crippen LogP contribution in [0.5, 0.6) is 5.75 Å². The minimum atomic E-state index is -4.57. The lowest BCUT2D eigenvalue weighted by atomic mass is 10.0. The van der Waals surface area contributed by atoms with Crippen LogP contribution >= 0.6 is 11.6 Å². The van der Waals surface area contributed by atoms with Crippen molar-refractivity contribution in [2.75, 3.05) is 11.8 Å². The Balaban J connectivity index is 1.71. The molecule has 182 valence electrons. The highest BCUT2D eigenvalue weighted by atomic mass is 35.5. The zero-order valence-corrected chi connectivity index (χ0v) is 20.0. The van der Waals surface area contributed by atoms with Crippen molar-refractivity contribution in [3.05, 3.63) is 89.5 Å². The molecule has 3 aromatic carbocycles. The number of benzene rings is 3. The molecule has 6 nitrogen and oxygen atoms in total. The number of halogens is 4. The van der Waals surface area contributed by atoms with Crippen molar-refractivity contribution >= 4 is 27.3 Å². The third-order valence-corrected chi connectivity index (χ3v) is 6.94. The van der Waals surface area contributed by atoms with Crippen LogP contribution in [0.3, 0.4) is 0 Å². The van der Waals surface area contributed by atoms with Crippen LogP contribution in [-0.2, 0) is 16.2 Å². The van der Waals surface area contributed by atoms with Gasteiger partial charge in [-0.3, -0.25) is 4.72 Å². The van der Waals surface area contributed by atoms with E-state index in [0.29, 0.717) is 11.4 Å². The summed E-state index contributed by atoms with van der Waals surface area (Å²) in [6.07, 6.45) is -1.16. The number of sulfonamides is 1. The van der Waals surface area contributed by atoms with Crippen molar-refractivity contribution in [2.45, 2.75) is 18.0 Å². The topological polar surface area (TPSA) is 73.2 Å².